The third-order valence-electron chi connectivity index (χ3n) is 7.49. The van der Waals surface area contributed by atoms with E-state index >= 15 is 0 Å². The first-order chi connectivity index (χ1) is 15.9. The number of hydrogen-bond acceptors (Lipinski definition) is 3. The molecule has 2 aromatic carbocycles. The van der Waals surface area contributed by atoms with Gasteiger partial charge in [-0.1, -0.05) is 48.9 Å². The average molecular weight is 473 g/mol. The Morgan fingerprint density at radius 1 is 1.00 bits per heavy atom. The number of hydrogen-bond donors (Lipinski definition) is 1. The number of benzene rings is 2. The van der Waals surface area contributed by atoms with E-state index in [4.69, 9.17) is 0 Å². The van der Waals surface area contributed by atoms with Gasteiger partial charge in [0.25, 0.3) is 0 Å². The largest absolute Gasteiger partial charge is 0.303 e. The van der Waals surface area contributed by atoms with Crippen molar-refractivity contribution in [1.29, 1.82) is 0 Å². The molecule has 1 saturated carbocycles. The van der Waals surface area contributed by atoms with Crippen LogP contribution in [0.4, 0.5) is 4.39 Å². The summed E-state index contributed by atoms with van der Waals surface area (Å²) in [5, 5.41) is 0. The second kappa shape index (κ2) is 11.1. The molecule has 2 aliphatic rings. The van der Waals surface area contributed by atoms with Crippen molar-refractivity contribution in [2.24, 2.45) is 11.8 Å². The van der Waals surface area contributed by atoms with Gasteiger partial charge in [0.1, 0.15) is 5.82 Å². The molecule has 4 nitrogen and oxygen atoms in total. The van der Waals surface area contributed by atoms with Crippen LogP contribution in [-0.4, -0.2) is 45.2 Å². The topological polar surface area (TPSA) is 49.4 Å². The van der Waals surface area contributed by atoms with Crippen LogP contribution in [0.1, 0.15) is 55.6 Å². The second-order valence-corrected chi connectivity index (χ2v) is 11.9. The standard InChI is InChI=1S/C27H37FN2O2S/c1-33(31,32)29-26-18-24(27(19-26)23-8-3-2-4-9-23)20-30-16-14-22(15-17-30)7-5-6-21-10-12-25(28)13-11-21/h2-4,8-13,22,24,26-27,29H,5-7,14-20H2,1H3/t24-,26+,27-/m1/s1. The third kappa shape index (κ3) is 7.36. The fourth-order valence-corrected chi connectivity index (χ4v) is 6.67. The molecule has 0 unspecified atom stereocenters. The van der Waals surface area contributed by atoms with Crippen molar-refractivity contribution in [3.8, 4) is 0 Å². The van der Waals surface area contributed by atoms with Crippen molar-refractivity contribution >= 4 is 10.0 Å². The molecule has 0 aromatic heterocycles. The molecule has 3 atom stereocenters. The predicted octanol–water partition coefficient (Wildman–Crippen LogP) is 4.97. The van der Waals surface area contributed by atoms with Crippen LogP contribution in [0.25, 0.3) is 0 Å². The van der Waals surface area contributed by atoms with Crippen molar-refractivity contribution in [2.45, 2.75) is 56.9 Å². The lowest BCUT2D eigenvalue weighted by Crippen LogP contribution is -2.38. The molecule has 1 N–H and O–H groups in total. The Morgan fingerprint density at radius 3 is 2.36 bits per heavy atom. The summed E-state index contributed by atoms with van der Waals surface area (Å²) < 4.78 is 39.6. The van der Waals surface area contributed by atoms with Gasteiger partial charge in [-0.3, -0.25) is 0 Å². The lowest BCUT2D eigenvalue weighted by Gasteiger charge is -2.35. The maximum absolute atomic E-state index is 13.1. The molecule has 2 aromatic rings. The fourth-order valence-electron chi connectivity index (χ4n) is 5.87. The zero-order valence-electron chi connectivity index (χ0n) is 19.6. The Bertz CT molecular complexity index is 973. The minimum absolute atomic E-state index is 0.0270. The molecule has 33 heavy (non-hydrogen) atoms. The van der Waals surface area contributed by atoms with Gasteiger partial charge in [-0.15, -0.1) is 0 Å². The molecule has 0 spiro atoms. The van der Waals surface area contributed by atoms with E-state index in [1.54, 1.807) is 12.1 Å². The molecule has 2 fully saturated rings. The van der Waals surface area contributed by atoms with Crippen LogP contribution in [0.15, 0.2) is 54.6 Å². The SMILES string of the molecule is CS(=O)(=O)N[C@H]1C[C@H](CN2CCC(CCCc3ccc(F)cc3)CC2)[C@@H](c2ccccc2)C1. The van der Waals surface area contributed by atoms with Crippen molar-refractivity contribution in [3.63, 3.8) is 0 Å². The number of halogens is 1. The smallest absolute Gasteiger partial charge is 0.208 e. The second-order valence-electron chi connectivity index (χ2n) is 10.1. The van der Waals surface area contributed by atoms with Crippen LogP contribution < -0.4 is 4.72 Å². The first-order valence-electron chi connectivity index (χ1n) is 12.3. The van der Waals surface area contributed by atoms with E-state index < -0.39 is 10.0 Å². The molecular weight excluding hydrogens is 435 g/mol. The highest BCUT2D eigenvalue weighted by atomic mass is 32.2. The Kier molecular flexibility index (Phi) is 8.20. The summed E-state index contributed by atoms with van der Waals surface area (Å²) in [5.41, 5.74) is 2.55. The molecular formula is C27H37FN2O2S. The van der Waals surface area contributed by atoms with Crippen molar-refractivity contribution in [1.82, 2.24) is 9.62 Å². The van der Waals surface area contributed by atoms with E-state index in [-0.39, 0.29) is 11.9 Å². The van der Waals surface area contributed by atoms with Gasteiger partial charge in [0.15, 0.2) is 0 Å². The zero-order valence-corrected chi connectivity index (χ0v) is 20.4. The molecule has 0 amide bonds. The molecule has 1 heterocycles. The van der Waals surface area contributed by atoms with Crippen LogP contribution >= 0.6 is 0 Å². The van der Waals surface area contributed by atoms with Gasteiger partial charge < -0.3 is 4.90 Å². The number of sulfonamides is 1. The summed E-state index contributed by atoms with van der Waals surface area (Å²) >= 11 is 0. The van der Waals surface area contributed by atoms with Crippen LogP contribution in [0, 0.1) is 17.7 Å². The highest BCUT2D eigenvalue weighted by molar-refractivity contribution is 7.88. The van der Waals surface area contributed by atoms with Gasteiger partial charge in [-0.2, -0.15) is 0 Å². The van der Waals surface area contributed by atoms with Gasteiger partial charge in [-0.25, -0.2) is 17.5 Å². The lowest BCUT2D eigenvalue weighted by molar-refractivity contribution is 0.151. The van der Waals surface area contributed by atoms with Gasteiger partial charge in [0, 0.05) is 12.6 Å². The van der Waals surface area contributed by atoms with Crippen LogP contribution in [0.5, 0.6) is 0 Å². The number of aryl methyl sites for hydroxylation is 1. The molecule has 1 aliphatic carbocycles. The van der Waals surface area contributed by atoms with Crippen molar-refractivity contribution in [3.05, 3.63) is 71.5 Å². The number of likely N-dealkylation sites (tertiary alicyclic amines) is 1. The monoisotopic (exact) mass is 472 g/mol. The Labute approximate surface area is 198 Å². The van der Waals surface area contributed by atoms with Crippen molar-refractivity contribution in [2.75, 3.05) is 25.9 Å². The summed E-state index contributed by atoms with van der Waals surface area (Å²) in [6.45, 7) is 3.30. The lowest BCUT2D eigenvalue weighted by atomic mass is 9.87. The highest BCUT2D eigenvalue weighted by Crippen LogP contribution is 2.41. The average Bonchev–Trinajstić information content (AvgIpc) is 3.17. The van der Waals surface area contributed by atoms with Crippen LogP contribution in [0.3, 0.4) is 0 Å². The Hall–Kier alpha value is -1.76. The predicted molar refractivity (Wildman–Crippen MR) is 132 cm³/mol. The van der Waals surface area contributed by atoms with Crippen LogP contribution in [-0.2, 0) is 16.4 Å². The van der Waals surface area contributed by atoms with E-state index in [1.807, 2.05) is 18.2 Å². The normalized spacial score (nSPS) is 24.8. The fraction of sp³-hybridized carbons (Fsp3) is 0.556. The summed E-state index contributed by atoms with van der Waals surface area (Å²) in [4.78, 5) is 2.60. The summed E-state index contributed by atoms with van der Waals surface area (Å²) in [5.74, 6) is 1.48. The Balaban J connectivity index is 1.26. The number of nitrogens with one attached hydrogen (secondary N) is 1. The van der Waals surface area contributed by atoms with E-state index in [2.05, 4.69) is 33.9 Å². The molecule has 6 heteroatoms. The molecule has 1 aliphatic heterocycles. The third-order valence-corrected chi connectivity index (χ3v) is 8.26. The molecule has 180 valence electrons. The van der Waals surface area contributed by atoms with E-state index in [9.17, 15) is 12.8 Å². The number of nitrogens with zero attached hydrogens (tertiary/aromatic N) is 1. The number of piperidine rings is 1. The van der Waals surface area contributed by atoms with Crippen LogP contribution in [0.2, 0.25) is 0 Å². The van der Waals surface area contributed by atoms with E-state index in [1.165, 1.54) is 36.6 Å². The maximum atomic E-state index is 13.1. The Morgan fingerprint density at radius 2 is 1.70 bits per heavy atom. The quantitative estimate of drug-likeness (QED) is 0.560. The van der Waals surface area contributed by atoms with Gasteiger partial charge >= 0.3 is 0 Å². The van der Waals surface area contributed by atoms with Gasteiger partial charge in [0.05, 0.1) is 6.26 Å². The maximum Gasteiger partial charge on any atom is 0.208 e. The minimum atomic E-state index is -3.19. The molecule has 0 bridgehead atoms. The molecule has 4 rings (SSSR count). The van der Waals surface area contributed by atoms with Gasteiger partial charge in [-0.05, 0) is 92.6 Å². The van der Waals surface area contributed by atoms with E-state index in [0.29, 0.717) is 11.8 Å². The zero-order chi connectivity index (χ0) is 23.3. The summed E-state index contributed by atoms with van der Waals surface area (Å²) in [6, 6.07) is 17.5. The number of rotatable bonds is 9. The molecule has 0 radical (unpaired) electrons. The van der Waals surface area contributed by atoms with Crippen molar-refractivity contribution < 1.29 is 12.8 Å². The van der Waals surface area contributed by atoms with Gasteiger partial charge in [0.2, 0.25) is 10.0 Å². The van der Waals surface area contributed by atoms with E-state index in [0.717, 1.165) is 51.2 Å². The highest BCUT2D eigenvalue weighted by Gasteiger charge is 2.37. The summed E-state index contributed by atoms with van der Waals surface area (Å²) in [6.07, 6.45) is 8.93. The molecule has 1 saturated heterocycles. The minimum Gasteiger partial charge on any atom is -0.303 e. The first kappa shape index (κ1) is 24.4. The first-order valence-corrected chi connectivity index (χ1v) is 14.2. The summed E-state index contributed by atoms with van der Waals surface area (Å²) in [7, 11) is -3.19.